The molecule has 0 amide bonds. The van der Waals surface area contributed by atoms with Crippen molar-refractivity contribution < 1.29 is 5.11 Å². The van der Waals surface area contributed by atoms with E-state index in [1.807, 2.05) is 42.3 Å². The van der Waals surface area contributed by atoms with E-state index in [2.05, 4.69) is 45.2 Å². The fourth-order valence-electron chi connectivity index (χ4n) is 2.97. The summed E-state index contributed by atoms with van der Waals surface area (Å²) in [5, 5.41) is 18.2. The summed E-state index contributed by atoms with van der Waals surface area (Å²) in [4.78, 5) is 16.5. The molecule has 28 heavy (non-hydrogen) atoms. The van der Waals surface area contributed by atoms with Gasteiger partial charge in [-0.15, -0.1) is 0 Å². The summed E-state index contributed by atoms with van der Waals surface area (Å²) in [7, 11) is 0. The Morgan fingerprint density at radius 3 is 2.86 bits per heavy atom. The minimum Gasteiger partial charge on any atom is -0.394 e. The molecule has 0 saturated carbocycles. The largest absolute Gasteiger partial charge is 0.394 e. The molecule has 0 aliphatic heterocycles. The zero-order valence-corrected chi connectivity index (χ0v) is 16.1. The third kappa shape index (κ3) is 3.46. The first kappa shape index (κ1) is 18.1. The van der Waals surface area contributed by atoms with Crippen molar-refractivity contribution in [2.75, 3.05) is 11.9 Å². The van der Waals surface area contributed by atoms with Crippen LogP contribution in [0.5, 0.6) is 0 Å². The van der Waals surface area contributed by atoms with E-state index in [-0.39, 0.29) is 18.7 Å². The normalized spacial score (nSPS) is 12.6. The Morgan fingerprint density at radius 2 is 2.07 bits per heavy atom. The van der Waals surface area contributed by atoms with Crippen LogP contribution in [-0.4, -0.2) is 47.5 Å². The van der Waals surface area contributed by atoms with Gasteiger partial charge in [0.05, 0.1) is 12.3 Å². The van der Waals surface area contributed by atoms with Crippen molar-refractivity contribution in [2.24, 2.45) is 0 Å². The first-order valence-corrected chi connectivity index (χ1v) is 9.28. The SMILES string of the molecule is CC(C)n1cc(-c2ccnc(N[C@H](C)CO)n2)c(-c2cnc3[nH]ccc3c2)n1. The monoisotopic (exact) mass is 377 g/mol. The van der Waals surface area contributed by atoms with Crippen LogP contribution in [0.1, 0.15) is 26.8 Å². The fraction of sp³-hybridized carbons (Fsp3) is 0.300. The predicted octanol–water partition coefficient (Wildman–Crippen LogP) is 3.26. The number of aromatic nitrogens is 6. The third-order valence-corrected chi connectivity index (χ3v) is 4.52. The van der Waals surface area contributed by atoms with E-state index < -0.39 is 0 Å². The number of anilines is 1. The number of H-pyrrole nitrogens is 1. The highest BCUT2D eigenvalue weighted by molar-refractivity contribution is 5.85. The summed E-state index contributed by atoms with van der Waals surface area (Å²) in [5.74, 6) is 0.474. The second kappa shape index (κ2) is 7.40. The van der Waals surface area contributed by atoms with Crippen molar-refractivity contribution in [1.29, 1.82) is 0 Å². The molecule has 4 aromatic heterocycles. The highest BCUT2D eigenvalue weighted by atomic mass is 16.3. The van der Waals surface area contributed by atoms with Gasteiger partial charge in [0, 0.05) is 53.4 Å². The molecule has 0 radical (unpaired) electrons. The van der Waals surface area contributed by atoms with Gasteiger partial charge in [-0.2, -0.15) is 5.10 Å². The van der Waals surface area contributed by atoms with Gasteiger partial charge in [0.25, 0.3) is 0 Å². The molecule has 0 aliphatic carbocycles. The second-order valence-corrected chi connectivity index (χ2v) is 7.10. The van der Waals surface area contributed by atoms with Crippen molar-refractivity contribution in [3.8, 4) is 22.5 Å². The number of hydrogen-bond donors (Lipinski definition) is 3. The van der Waals surface area contributed by atoms with Crippen molar-refractivity contribution >= 4 is 17.0 Å². The van der Waals surface area contributed by atoms with E-state index in [4.69, 9.17) is 5.10 Å². The number of nitrogens with zero attached hydrogens (tertiary/aromatic N) is 5. The van der Waals surface area contributed by atoms with E-state index in [1.54, 1.807) is 6.20 Å². The molecule has 4 rings (SSSR count). The van der Waals surface area contributed by atoms with Crippen LogP contribution in [-0.2, 0) is 0 Å². The average molecular weight is 377 g/mol. The Bertz CT molecular complexity index is 1100. The molecule has 0 aromatic carbocycles. The Balaban J connectivity index is 1.81. The van der Waals surface area contributed by atoms with Crippen LogP contribution in [0.25, 0.3) is 33.5 Å². The van der Waals surface area contributed by atoms with E-state index in [1.165, 1.54) is 0 Å². The minimum atomic E-state index is -0.131. The molecular formula is C20H23N7O. The first-order chi connectivity index (χ1) is 13.5. The van der Waals surface area contributed by atoms with Gasteiger partial charge >= 0.3 is 0 Å². The molecule has 144 valence electrons. The minimum absolute atomic E-state index is 0.00642. The predicted molar refractivity (Wildman–Crippen MR) is 109 cm³/mol. The van der Waals surface area contributed by atoms with E-state index in [0.29, 0.717) is 5.95 Å². The molecule has 0 saturated heterocycles. The van der Waals surface area contributed by atoms with Crippen LogP contribution in [0.15, 0.2) is 43.0 Å². The molecule has 0 bridgehead atoms. The number of fused-ring (bicyclic) bond motifs is 1. The van der Waals surface area contributed by atoms with Gasteiger partial charge in [-0.1, -0.05) is 0 Å². The molecule has 4 aromatic rings. The molecule has 3 N–H and O–H groups in total. The quantitative estimate of drug-likeness (QED) is 0.476. The Morgan fingerprint density at radius 1 is 1.21 bits per heavy atom. The lowest BCUT2D eigenvalue weighted by Gasteiger charge is -2.11. The molecule has 1 atom stereocenters. The summed E-state index contributed by atoms with van der Waals surface area (Å²) < 4.78 is 1.93. The Labute approximate surface area is 162 Å². The van der Waals surface area contributed by atoms with Gasteiger partial charge in [-0.25, -0.2) is 15.0 Å². The molecule has 0 unspecified atom stereocenters. The number of aliphatic hydroxyl groups is 1. The van der Waals surface area contributed by atoms with Crippen molar-refractivity contribution in [3.63, 3.8) is 0 Å². The number of hydrogen-bond acceptors (Lipinski definition) is 6. The summed E-state index contributed by atoms with van der Waals surface area (Å²) in [5.41, 5.74) is 4.27. The molecule has 0 spiro atoms. The topological polar surface area (TPSA) is 105 Å². The zero-order valence-electron chi connectivity index (χ0n) is 16.1. The molecule has 0 fully saturated rings. The van der Waals surface area contributed by atoms with E-state index in [9.17, 15) is 5.11 Å². The first-order valence-electron chi connectivity index (χ1n) is 9.28. The third-order valence-electron chi connectivity index (χ3n) is 4.52. The Kier molecular flexibility index (Phi) is 4.79. The van der Waals surface area contributed by atoms with Crippen molar-refractivity contribution in [1.82, 2.24) is 29.7 Å². The summed E-state index contributed by atoms with van der Waals surface area (Å²) in [6.45, 7) is 6.05. The molecule has 8 heteroatoms. The second-order valence-electron chi connectivity index (χ2n) is 7.10. The number of rotatable bonds is 6. The smallest absolute Gasteiger partial charge is 0.223 e. The summed E-state index contributed by atoms with van der Waals surface area (Å²) in [6, 6.07) is 6.01. The van der Waals surface area contributed by atoms with Gasteiger partial charge in [0.2, 0.25) is 5.95 Å². The van der Waals surface area contributed by atoms with Crippen LogP contribution < -0.4 is 5.32 Å². The van der Waals surface area contributed by atoms with Gasteiger partial charge in [-0.3, -0.25) is 4.68 Å². The van der Waals surface area contributed by atoms with Crippen molar-refractivity contribution in [3.05, 3.63) is 43.0 Å². The Hall–Kier alpha value is -3.26. The van der Waals surface area contributed by atoms with Gasteiger partial charge in [0.15, 0.2) is 0 Å². The van der Waals surface area contributed by atoms with Crippen molar-refractivity contribution in [2.45, 2.75) is 32.9 Å². The maximum absolute atomic E-state index is 9.27. The maximum atomic E-state index is 9.27. The number of pyridine rings is 1. The number of aliphatic hydroxyl groups excluding tert-OH is 1. The van der Waals surface area contributed by atoms with Gasteiger partial charge in [0.1, 0.15) is 11.3 Å². The molecule has 0 aliphatic rings. The highest BCUT2D eigenvalue weighted by Gasteiger charge is 2.17. The van der Waals surface area contributed by atoms with Crippen LogP contribution in [0.4, 0.5) is 5.95 Å². The van der Waals surface area contributed by atoms with E-state index >= 15 is 0 Å². The lowest BCUT2D eigenvalue weighted by atomic mass is 10.1. The standard InChI is InChI=1S/C20H23N7O/c1-12(2)27-10-16(17-5-7-22-20(25-17)24-13(3)11-28)18(26-27)15-8-14-4-6-21-19(14)23-9-15/h4-10,12-13,28H,11H2,1-3H3,(H,21,23)(H,22,24,25)/t13-/m1/s1. The number of nitrogens with one attached hydrogen (secondary N) is 2. The average Bonchev–Trinajstić information content (AvgIpc) is 3.34. The maximum Gasteiger partial charge on any atom is 0.223 e. The summed E-state index contributed by atoms with van der Waals surface area (Å²) >= 11 is 0. The van der Waals surface area contributed by atoms with Gasteiger partial charge < -0.3 is 15.4 Å². The van der Waals surface area contributed by atoms with E-state index in [0.717, 1.165) is 33.5 Å². The van der Waals surface area contributed by atoms with Gasteiger partial charge in [-0.05, 0) is 39.0 Å². The molecule has 8 nitrogen and oxygen atoms in total. The highest BCUT2D eigenvalue weighted by Crippen LogP contribution is 2.32. The number of aromatic amines is 1. The van der Waals surface area contributed by atoms with Crippen LogP contribution >= 0.6 is 0 Å². The molecule has 4 heterocycles. The lowest BCUT2D eigenvalue weighted by molar-refractivity contribution is 0.281. The zero-order chi connectivity index (χ0) is 19.7. The van der Waals surface area contributed by atoms with Crippen LogP contribution in [0.3, 0.4) is 0 Å². The molecular weight excluding hydrogens is 354 g/mol. The fourth-order valence-corrected chi connectivity index (χ4v) is 2.97. The summed E-state index contributed by atoms with van der Waals surface area (Å²) in [6.07, 6.45) is 7.41. The van der Waals surface area contributed by atoms with Crippen LogP contribution in [0.2, 0.25) is 0 Å². The van der Waals surface area contributed by atoms with Crippen LogP contribution in [0, 0.1) is 0 Å². The lowest BCUT2D eigenvalue weighted by Crippen LogP contribution is -2.20.